The van der Waals surface area contributed by atoms with Gasteiger partial charge in [0.15, 0.2) is 0 Å². The molecule has 0 bridgehead atoms. The molecule has 32 heavy (non-hydrogen) atoms. The van der Waals surface area contributed by atoms with Gasteiger partial charge in [-0.05, 0) is 73.9 Å². The minimum atomic E-state index is -0.224. The van der Waals surface area contributed by atoms with E-state index in [1.807, 2.05) is 37.3 Å². The summed E-state index contributed by atoms with van der Waals surface area (Å²) in [6.45, 7) is 2.86. The first-order valence-corrected chi connectivity index (χ1v) is 10.7. The van der Waals surface area contributed by atoms with Crippen LogP contribution in [-0.2, 0) is 11.3 Å². The Bertz CT molecular complexity index is 1090. The molecule has 1 fully saturated rings. The Morgan fingerprint density at radius 2 is 1.81 bits per heavy atom. The third-order valence-electron chi connectivity index (χ3n) is 4.95. The highest BCUT2D eigenvalue weighted by atomic mass is 16.5. The van der Waals surface area contributed by atoms with Gasteiger partial charge < -0.3 is 20.1 Å². The number of benzene rings is 2. The van der Waals surface area contributed by atoms with Gasteiger partial charge in [-0.2, -0.15) is 0 Å². The number of pyridine rings is 1. The minimum Gasteiger partial charge on any atom is -0.494 e. The van der Waals surface area contributed by atoms with Gasteiger partial charge >= 0.3 is 0 Å². The Balaban J connectivity index is 1.33. The van der Waals surface area contributed by atoms with E-state index in [0.717, 1.165) is 24.2 Å². The Morgan fingerprint density at radius 3 is 2.56 bits per heavy atom. The molecule has 164 valence electrons. The Hall–Kier alpha value is -3.87. The average Bonchev–Trinajstić information content (AvgIpc) is 3.65. The van der Waals surface area contributed by atoms with E-state index in [-0.39, 0.29) is 17.7 Å². The van der Waals surface area contributed by atoms with Crippen LogP contribution in [0.2, 0.25) is 0 Å². The number of anilines is 1. The van der Waals surface area contributed by atoms with E-state index in [2.05, 4.69) is 15.6 Å². The molecule has 0 aliphatic heterocycles. The zero-order chi connectivity index (χ0) is 22.3. The van der Waals surface area contributed by atoms with Crippen LogP contribution < -0.4 is 20.1 Å². The Labute approximate surface area is 186 Å². The highest BCUT2D eigenvalue weighted by molar-refractivity contribution is 5.98. The number of nitrogens with one attached hydrogen (secondary N) is 2. The highest BCUT2D eigenvalue weighted by Gasteiger charge is 2.29. The van der Waals surface area contributed by atoms with Gasteiger partial charge in [0, 0.05) is 36.0 Å². The first-order chi connectivity index (χ1) is 15.6. The van der Waals surface area contributed by atoms with E-state index in [1.165, 1.54) is 0 Å². The zero-order valence-electron chi connectivity index (χ0n) is 17.8. The molecule has 4 rings (SSSR count). The third-order valence-corrected chi connectivity index (χ3v) is 4.95. The maximum Gasteiger partial charge on any atom is 0.251 e. The molecule has 2 amide bonds. The monoisotopic (exact) mass is 431 g/mol. The first-order valence-electron chi connectivity index (χ1n) is 10.7. The van der Waals surface area contributed by atoms with Gasteiger partial charge in [-0.1, -0.05) is 6.07 Å². The molecule has 1 saturated carbocycles. The number of carbonyl (C=O) groups is 2. The number of carbonyl (C=O) groups excluding carboxylic acids is 2. The molecule has 7 nitrogen and oxygen atoms in total. The van der Waals surface area contributed by atoms with Crippen LogP contribution in [-0.4, -0.2) is 23.4 Å². The normalized spacial score (nSPS) is 12.7. The third kappa shape index (κ3) is 5.85. The fourth-order valence-corrected chi connectivity index (χ4v) is 3.12. The fourth-order valence-electron chi connectivity index (χ4n) is 3.12. The van der Waals surface area contributed by atoms with Gasteiger partial charge in [-0.15, -0.1) is 0 Å². The summed E-state index contributed by atoms with van der Waals surface area (Å²) >= 11 is 0. The van der Waals surface area contributed by atoms with E-state index in [0.29, 0.717) is 36.0 Å². The summed E-state index contributed by atoms with van der Waals surface area (Å²) in [6, 6.07) is 17.8. The van der Waals surface area contributed by atoms with Crippen molar-refractivity contribution >= 4 is 17.5 Å². The smallest absolute Gasteiger partial charge is 0.251 e. The number of rotatable bonds is 9. The second-order valence-corrected chi connectivity index (χ2v) is 7.54. The van der Waals surface area contributed by atoms with E-state index < -0.39 is 0 Å². The second-order valence-electron chi connectivity index (χ2n) is 7.54. The van der Waals surface area contributed by atoms with Crippen LogP contribution in [0.3, 0.4) is 0 Å². The predicted octanol–water partition coefficient (Wildman–Crippen LogP) is 4.55. The number of ether oxygens (including phenoxy) is 2. The van der Waals surface area contributed by atoms with Crippen LogP contribution in [0, 0.1) is 5.92 Å². The van der Waals surface area contributed by atoms with Gasteiger partial charge in [0.25, 0.3) is 5.91 Å². The lowest BCUT2D eigenvalue weighted by Gasteiger charge is -2.10. The van der Waals surface area contributed by atoms with E-state index in [4.69, 9.17) is 9.47 Å². The lowest BCUT2D eigenvalue weighted by atomic mass is 10.1. The van der Waals surface area contributed by atoms with Crippen molar-refractivity contribution in [2.45, 2.75) is 26.3 Å². The van der Waals surface area contributed by atoms with Crippen molar-refractivity contribution < 1.29 is 19.1 Å². The topological polar surface area (TPSA) is 89.5 Å². The second kappa shape index (κ2) is 9.96. The lowest BCUT2D eigenvalue weighted by molar-refractivity contribution is -0.117. The van der Waals surface area contributed by atoms with Crippen LogP contribution in [0.4, 0.5) is 5.69 Å². The number of hydrogen-bond donors (Lipinski definition) is 2. The summed E-state index contributed by atoms with van der Waals surface area (Å²) in [4.78, 5) is 28.8. The zero-order valence-corrected chi connectivity index (χ0v) is 17.8. The van der Waals surface area contributed by atoms with Crippen molar-refractivity contribution in [1.82, 2.24) is 10.3 Å². The molecular weight excluding hydrogens is 406 g/mol. The summed E-state index contributed by atoms with van der Waals surface area (Å²) in [7, 11) is 0. The van der Waals surface area contributed by atoms with Crippen molar-refractivity contribution in [2.24, 2.45) is 5.92 Å². The molecule has 0 unspecified atom stereocenters. The van der Waals surface area contributed by atoms with Crippen LogP contribution >= 0.6 is 0 Å². The summed E-state index contributed by atoms with van der Waals surface area (Å²) < 4.78 is 11.2. The van der Waals surface area contributed by atoms with Crippen LogP contribution in [0.15, 0.2) is 66.9 Å². The summed E-state index contributed by atoms with van der Waals surface area (Å²) in [5.74, 6) is 1.76. The highest BCUT2D eigenvalue weighted by Crippen LogP contribution is 2.30. The van der Waals surface area contributed by atoms with E-state index >= 15 is 0 Å². The average molecular weight is 431 g/mol. The van der Waals surface area contributed by atoms with Crippen molar-refractivity contribution in [1.29, 1.82) is 0 Å². The Morgan fingerprint density at radius 1 is 1.03 bits per heavy atom. The Kier molecular flexibility index (Phi) is 6.65. The minimum absolute atomic E-state index is 0.0133. The molecule has 0 atom stereocenters. The number of nitrogens with zero attached hydrogens (tertiary/aromatic N) is 1. The van der Waals surface area contributed by atoms with E-state index in [9.17, 15) is 9.59 Å². The molecule has 1 aromatic heterocycles. The van der Waals surface area contributed by atoms with Crippen LogP contribution in [0.5, 0.6) is 17.4 Å². The molecule has 7 heteroatoms. The van der Waals surface area contributed by atoms with Crippen molar-refractivity contribution in [3.05, 3.63) is 78.0 Å². The molecule has 2 N–H and O–H groups in total. The van der Waals surface area contributed by atoms with Crippen LogP contribution in [0.25, 0.3) is 0 Å². The SMILES string of the molecule is CCOc1ccc(Oc2cc(CNC(=O)c3cccc(NC(=O)C4CC4)c3)ccn2)cc1. The summed E-state index contributed by atoms with van der Waals surface area (Å²) in [5, 5.41) is 5.75. The van der Waals surface area contributed by atoms with Crippen molar-refractivity contribution in [3.63, 3.8) is 0 Å². The van der Waals surface area contributed by atoms with Gasteiger partial charge in [0.2, 0.25) is 11.8 Å². The molecule has 3 aromatic rings. The summed E-state index contributed by atoms with van der Waals surface area (Å²) in [5.41, 5.74) is 1.97. The molecule has 0 spiro atoms. The standard InChI is InChI=1S/C25H25N3O4/c1-2-31-21-8-10-22(11-9-21)32-23-14-17(12-13-26-23)16-27-24(29)19-4-3-5-20(15-19)28-25(30)18-6-7-18/h3-5,8-15,18H,2,6-7,16H2,1H3,(H,27,29)(H,28,30). The number of amides is 2. The quantitative estimate of drug-likeness (QED) is 0.519. The van der Waals surface area contributed by atoms with Crippen molar-refractivity contribution in [3.8, 4) is 17.4 Å². The molecule has 1 aliphatic carbocycles. The number of aromatic nitrogens is 1. The lowest BCUT2D eigenvalue weighted by Crippen LogP contribution is -2.23. The predicted molar refractivity (Wildman–Crippen MR) is 121 cm³/mol. The van der Waals surface area contributed by atoms with Gasteiger partial charge in [-0.3, -0.25) is 9.59 Å². The molecule has 0 saturated heterocycles. The first kappa shape index (κ1) is 21.4. The van der Waals surface area contributed by atoms with E-state index in [1.54, 1.807) is 36.5 Å². The van der Waals surface area contributed by atoms with Crippen molar-refractivity contribution in [2.75, 3.05) is 11.9 Å². The van der Waals surface area contributed by atoms with Crippen LogP contribution in [0.1, 0.15) is 35.7 Å². The molecule has 2 aromatic carbocycles. The molecule has 1 heterocycles. The van der Waals surface area contributed by atoms with Gasteiger partial charge in [0.05, 0.1) is 6.61 Å². The number of hydrogen-bond acceptors (Lipinski definition) is 5. The maximum absolute atomic E-state index is 12.6. The maximum atomic E-state index is 12.6. The molecule has 0 radical (unpaired) electrons. The van der Waals surface area contributed by atoms with Gasteiger partial charge in [-0.25, -0.2) is 4.98 Å². The fraction of sp³-hybridized carbons (Fsp3) is 0.240. The summed E-state index contributed by atoms with van der Waals surface area (Å²) in [6.07, 6.45) is 3.50. The largest absolute Gasteiger partial charge is 0.494 e. The molecule has 1 aliphatic rings. The van der Waals surface area contributed by atoms with Gasteiger partial charge in [0.1, 0.15) is 11.5 Å². The molecular formula is C25H25N3O4.